The van der Waals surface area contributed by atoms with Crippen LogP contribution < -0.4 is 11.5 Å². The number of nitrogens with two attached hydrogens (primary N) is 2. The lowest BCUT2D eigenvalue weighted by Crippen LogP contribution is -2.34. The second kappa shape index (κ2) is 7.50. The molecule has 0 spiro atoms. The van der Waals surface area contributed by atoms with Crippen molar-refractivity contribution >= 4 is 20.0 Å². The lowest BCUT2D eigenvalue weighted by Gasteiger charge is -2.22. The molecule has 0 bridgehead atoms. The molecule has 4 N–H and O–H groups in total. The molecule has 0 radical (unpaired) electrons. The number of sulfonamides is 2. The maximum Gasteiger partial charge on any atom is 0.480 e. The first-order valence-corrected chi connectivity index (χ1v) is 8.38. The van der Waals surface area contributed by atoms with Gasteiger partial charge < -0.3 is 15.6 Å². The Bertz CT molecular complexity index is 532. The van der Waals surface area contributed by atoms with Crippen LogP contribution in [-0.4, -0.2) is 34.0 Å². The first-order chi connectivity index (χ1) is 9.62. The van der Waals surface area contributed by atoms with Gasteiger partial charge in [-0.05, 0) is 11.8 Å². The third-order valence-corrected chi connectivity index (χ3v) is 4.37. The summed E-state index contributed by atoms with van der Waals surface area (Å²) in [6.07, 6.45) is 0.725. The van der Waals surface area contributed by atoms with E-state index in [2.05, 4.69) is 20.8 Å². The second-order valence-corrected chi connectivity index (χ2v) is 8.77. The van der Waals surface area contributed by atoms with Gasteiger partial charge in [0.25, 0.3) is 0 Å². The van der Waals surface area contributed by atoms with Gasteiger partial charge >= 0.3 is 11.0 Å². The smallest absolute Gasteiger partial charge is 0.421 e. The largest absolute Gasteiger partial charge is 0.480 e. The zero-order valence-corrected chi connectivity index (χ0v) is 13.7. The van der Waals surface area contributed by atoms with E-state index in [4.69, 9.17) is 11.5 Å². The van der Waals surface area contributed by atoms with Gasteiger partial charge in [-0.25, -0.2) is 16.8 Å². The van der Waals surface area contributed by atoms with Crippen molar-refractivity contribution in [2.45, 2.75) is 44.4 Å². The van der Waals surface area contributed by atoms with Gasteiger partial charge in [0.05, 0.1) is 6.17 Å². The molecule has 0 unspecified atom stereocenters. The van der Waals surface area contributed by atoms with Crippen LogP contribution in [-0.2, 0) is 20.0 Å². The van der Waals surface area contributed by atoms with E-state index in [1.807, 2.05) is 0 Å². The van der Waals surface area contributed by atoms with Crippen molar-refractivity contribution in [2.24, 2.45) is 16.9 Å². The Hall–Kier alpha value is -0.640. The molecule has 0 aliphatic rings. The topological polar surface area (TPSA) is 134 Å². The highest BCUT2D eigenvalue weighted by Crippen LogP contribution is 2.36. The van der Waals surface area contributed by atoms with Crippen LogP contribution >= 0.6 is 0 Å². The number of hydrogen-bond acceptors (Lipinski definition) is 6. The number of hydrogen-bond donors (Lipinski definition) is 2. The predicted molar refractivity (Wildman–Crippen MR) is 69.5 cm³/mol. The molecule has 0 saturated carbocycles. The summed E-state index contributed by atoms with van der Waals surface area (Å²) in [5, 5.41) is 0. The maximum atomic E-state index is 11.4. The SMILES string of the molecule is CC(C)(C)CC(N)N.O=S(=O)([N-]S(=O)(=O)C(F)(F)F)C(F)(F)F. The molecule has 0 fully saturated rings. The van der Waals surface area contributed by atoms with E-state index in [0.717, 1.165) is 10.5 Å². The summed E-state index contributed by atoms with van der Waals surface area (Å²) in [6.45, 7) is 6.37. The van der Waals surface area contributed by atoms with Gasteiger partial charge in [0.15, 0.2) is 20.0 Å². The average molecular weight is 396 g/mol. The summed E-state index contributed by atoms with van der Waals surface area (Å²) < 4.78 is 109. The van der Waals surface area contributed by atoms with Crippen LogP contribution in [0.25, 0.3) is 4.13 Å². The van der Waals surface area contributed by atoms with E-state index in [1.165, 1.54) is 0 Å². The number of nitrogens with zero attached hydrogens (tertiary/aromatic N) is 1. The van der Waals surface area contributed by atoms with Gasteiger partial charge in [-0.3, -0.25) is 0 Å². The molecule has 0 saturated heterocycles. The third kappa shape index (κ3) is 9.95. The molecular weight excluding hydrogens is 380 g/mol. The molecule has 0 aromatic heterocycles. The van der Waals surface area contributed by atoms with Gasteiger partial charge in [0.1, 0.15) is 0 Å². The molecule has 0 atom stereocenters. The van der Waals surface area contributed by atoms with Crippen molar-refractivity contribution in [3.05, 3.63) is 4.13 Å². The van der Waals surface area contributed by atoms with Gasteiger partial charge in [-0.1, -0.05) is 20.8 Å². The van der Waals surface area contributed by atoms with Gasteiger partial charge in [0, 0.05) is 0 Å². The molecule has 23 heavy (non-hydrogen) atoms. The minimum Gasteiger partial charge on any atom is -0.421 e. The fourth-order valence-electron chi connectivity index (χ4n) is 0.921. The summed E-state index contributed by atoms with van der Waals surface area (Å²) in [6, 6.07) is 0. The van der Waals surface area contributed by atoms with Crippen molar-refractivity contribution < 1.29 is 43.2 Å². The van der Waals surface area contributed by atoms with Crippen molar-refractivity contribution in [1.82, 2.24) is 0 Å². The van der Waals surface area contributed by atoms with E-state index in [1.54, 1.807) is 0 Å². The Morgan fingerprint density at radius 2 is 1.09 bits per heavy atom. The highest BCUT2D eigenvalue weighted by Gasteiger charge is 2.46. The summed E-state index contributed by atoms with van der Waals surface area (Å²) in [7, 11) is -13.4. The first kappa shape index (κ1) is 24.6. The van der Waals surface area contributed by atoms with E-state index in [0.29, 0.717) is 0 Å². The normalized spacial score (nSPS) is 14.4. The van der Waals surface area contributed by atoms with E-state index in [9.17, 15) is 43.2 Å². The van der Waals surface area contributed by atoms with Gasteiger partial charge in [0.2, 0.25) is 0 Å². The third-order valence-electron chi connectivity index (χ3n) is 1.63. The molecule has 0 aromatic carbocycles. The fourth-order valence-corrected chi connectivity index (χ4v) is 2.63. The monoisotopic (exact) mass is 396 g/mol. The van der Waals surface area contributed by atoms with Crippen LogP contribution in [0.1, 0.15) is 27.2 Å². The number of alkyl halides is 6. The Kier molecular flexibility index (Phi) is 8.02. The predicted octanol–water partition coefficient (Wildman–Crippen LogP) is 1.73. The van der Waals surface area contributed by atoms with Crippen molar-refractivity contribution in [2.75, 3.05) is 0 Å². The molecule has 0 aromatic rings. The standard InChI is InChI=1S/C6H16N2.C2F6NO4S2/c1-6(2,3)4-5(7)8;3-1(4,5)14(10,11)9-15(12,13)2(6,7)8/h5H,4,7-8H2,1-3H3;/q;-1. The molecule has 0 heterocycles. The second-order valence-electron chi connectivity index (χ2n) is 5.34. The van der Waals surface area contributed by atoms with E-state index >= 15 is 0 Å². The minimum absolute atomic E-state index is 0.157. The van der Waals surface area contributed by atoms with E-state index in [-0.39, 0.29) is 11.6 Å². The summed E-state index contributed by atoms with van der Waals surface area (Å²) in [5.74, 6) is 0. The number of halogens is 6. The van der Waals surface area contributed by atoms with Crippen molar-refractivity contribution in [3.63, 3.8) is 0 Å². The molecule has 7 nitrogen and oxygen atoms in total. The highest BCUT2D eigenvalue weighted by atomic mass is 32.3. The molecule has 15 heteroatoms. The summed E-state index contributed by atoms with van der Waals surface area (Å²) in [5.41, 5.74) is -1.42. The average Bonchev–Trinajstić information content (AvgIpc) is 2.07. The lowest BCUT2D eigenvalue weighted by atomic mass is 9.91. The van der Waals surface area contributed by atoms with Crippen molar-refractivity contribution in [3.8, 4) is 0 Å². The van der Waals surface area contributed by atoms with Crippen molar-refractivity contribution in [1.29, 1.82) is 0 Å². The highest BCUT2D eigenvalue weighted by molar-refractivity contribution is 8.13. The van der Waals surface area contributed by atoms with Gasteiger partial charge in [-0.2, -0.15) is 26.3 Å². The van der Waals surface area contributed by atoms with Crippen LogP contribution in [0.4, 0.5) is 26.3 Å². The van der Waals surface area contributed by atoms with Crippen LogP contribution in [0.3, 0.4) is 0 Å². The van der Waals surface area contributed by atoms with Gasteiger partial charge in [-0.15, -0.1) is 0 Å². The molecule has 0 aliphatic heterocycles. The maximum absolute atomic E-state index is 11.4. The Labute approximate surface area is 129 Å². The Morgan fingerprint density at radius 3 is 1.17 bits per heavy atom. The van der Waals surface area contributed by atoms with Crippen LogP contribution in [0.5, 0.6) is 0 Å². The van der Waals surface area contributed by atoms with E-state index < -0.39 is 31.1 Å². The zero-order chi connectivity index (χ0) is 19.5. The minimum atomic E-state index is -6.72. The Morgan fingerprint density at radius 1 is 0.826 bits per heavy atom. The summed E-state index contributed by atoms with van der Waals surface area (Å²) in [4.78, 5) is 0. The summed E-state index contributed by atoms with van der Waals surface area (Å²) >= 11 is 0. The molecule has 142 valence electrons. The zero-order valence-electron chi connectivity index (χ0n) is 12.1. The van der Waals surface area contributed by atoms with Crippen LogP contribution in [0.15, 0.2) is 0 Å². The molecule has 0 aliphatic carbocycles. The van der Waals surface area contributed by atoms with Crippen LogP contribution in [0, 0.1) is 5.41 Å². The number of rotatable bonds is 3. The Balaban J connectivity index is 0. The molecule has 0 amide bonds. The van der Waals surface area contributed by atoms with Crippen LogP contribution in [0.2, 0.25) is 0 Å². The quantitative estimate of drug-likeness (QED) is 0.551. The lowest BCUT2D eigenvalue weighted by molar-refractivity contribution is -0.0444. The molecular formula is C8H16F6N3O4S2-. The fraction of sp³-hybridized carbons (Fsp3) is 1.00. The molecule has 0 rings (SSSR count). The first-order valence-electron chi connectivity index (χ1n) is 5.50.